The summed E-state index contributed by atoms with van der Waals surface area (Å²) in [7, 11) is -3.28. The molecule has 94 valence electrons. The van der Waals surface area contributed by atoms with Gasteiger partial charge in [-0.25, -0.2) is 8.42 Å². The number of para-hydroxylation sites is 2. The Morgan fingerprint density at radius 1 is 1.24 bits per heavy atom. The van der Waals surface area contributed by atoms with E-state index in [0.29, 0.717) is 5.69 Å². The lowest BCUT2D eigenvalue weighted by Crippen LogP contribution is -2.21. The predicted octanol–water partition coefficient (Wildman–Crippen LogP) is 2.38. The molecule has 1 aliphatic rings. The lowest BCUT2D eigenvalue weighted by molar-refractivity contribution is 0.606. The van der Waals surface area contributed by atoms with Crippen LogP contribution in [0.4, 0.5) is 11.4 Å². The molecule has 6 heteroatoms. The third kappa shape index (κ3) is 3.13. The van der Waals surface area contributed by atoms with Gasteiger partial charge in [-0.15, -0.1) is 0 Å². The van der Waals surface area contributed by atoms with Crippen LogP contribution < -0.4 is 9.62 Å². The Hall–Kier alpha value is -0.750. The van der Waals surface area contributed by atoms with Crippen LogP contribution in [0.3, 0.4) is 0 Å². The molecule has 0 amide bonds. The second kappa shape index (κ2) is 5.27. The Morgan fingerprint density at radius 2 is 1.88 bits per heavy atom. The van der Waals surface area contributed by atoms with E-state index in [4.69, 9.17) is 0 Å². The van der Waals surface area contributed by atoms with Crippen molar-refractivity contribution in [3.8, 4) is 0 Å². The molecule has 1 heterocycles. The normalized spacial score (nSPS) is 16.2. The third-order valence-electron chi connectivity index (χ3n) is 2.76. The second-order valence-electron chi connectivity index (χ2n) is 4.04. The average Bonchev–Trinajstić information content (AvgIpc) is 2.83. The summed E-state index contributed by atoms with van der Waals surface area (Å²) in [6.45, 7) is 1.99. The topological polar surface area (TPSA) is 49.4 Å². The highest BCUT2D eigenvalue weighted by Crippen LogP contribution is 2.29. The molecule has 1 aromatic rings. The van der Waals surface area contributed by atoms with Gasteiger partial charge in [0.05, 0.1) is 11.4 Å². The molecule has 0 bridgehead atoms. The zero-order valence-electron chi connectivity index (χ0n) is 9.39. The van der Waals surface area contributed by atoms with Gasteiger partial charge in [0, 0.05) is 13.1 Å². The summed E-state index contributed by atoms with van der Waals surface area (Å²) >= 11 is 2.97. The molecule has 0 spiro atoms. The van der Waals surface area contributed by atoms with Crippen molar-refractivity contribution in [1.29, 1.82) is 0 Å². The lowest BCUT2D eigenvalue weighted by atomic mass is 10.2. The highest BCUT2D eigenvalue weighted by atomic mass is 79.9. The third-order valence-corrected chi connectivity index (χ3v) is 5.39. The first-order valence-electron chi connectivity index (χ1n) is 5.53. The van der Waals surface area contributed by atoms with E-state index in [1.807, 2.05) is 18.2 Å². The van der Waals surface area contributed by atoms with Gasteiger partial charge in [0.15, 0.2) is 0 Å². The van der Waals surface area contributed by atoms with Gasteiger partial charge in [-0.2, -0.15) is 0 Å². The number of rotatable bonds is 4. The van der Waals surface area contributed by atoms with Crippen molar-refractivity contribution in [3.63, 3.8) is 0 Å². The summed E-state index contributed by atoms with van der Waals surface area (Å²) in [5.41, 5.74) is 1.63. The average molecular weight is 319 g/mol. The van der Waals surface area contributed by atoms with Gasteiger partial charge in [-0.3, -0.25) is 4.72 Å². The Balaban J connectivity index is 2.27. The fourth-order valence-electron chi connectivity index (χ4n) is 1.99. The molecule has 0 saturated carbocycles. The number of nitrogens with zero attached hydrogens (tertiary/aromatic N) is 1. The summed E-state index contributed by atoms with van der Waals surface area (Å²) in [6.07, 6.45) is 2.33. The molecule has 0 atom stereocenters. The number of nitrogens with one attached hydrogen (secondary N) is 1. The zero-order valence-corrected chi connectivity index (χ0v) is 11.8. The van der Waals surface area contributed by atoms with Crippen molar-refractivity contribution < 1.29 is 8.42 Å². The van der Waals surface area contributed by atoms with Crippen molar-refractivity contribution in [3.05, 3.63) is 24.3 Å². The lowest BCUT2D eigenvalue weighted by Gasteiger charge is -2.21. The summed E-state index contributed by atoms with van der Waals surface area (Å²) in [5, 5.41) is 0. The molecule has 1 fully saturated rings. The highest BCUT2D eigenvalue weighted by Gasteiger charge is 2.17. The Kier molecular flexibility index (Phi) is 3.93. The number of hydrogen-bond acceptors (Lipinski definition) is 3. The van der Waals surface area contributed by atoms with Gasteiger partial charge >= 0.3 is 0 Å². The minimum absolute atomic E-state index is 0.0890. The Labute approximate surface area is 110 Å². The first-order valence-corrected chi connectivity index (χ1v) is 8.30. The minimum Gasteiger partial charge on any atom is -0.370 e. The number of sulfonamides is 1. The Bertz CT molecular complexity index is 484. The van der Waals surface area contributed by atoms with Crippen LogP contribution in [-0.2, 0) is 10.0 Å². The molecule has 1 N–H and O–H groups in total. The summed E-state index contributed by atoms with van der Waals surface area (Å²) in [5.74, 6) is 0. The van der Waals surface area contributed by atoms with E-state index in [2.05, 4.69) is 25.6 Å². The molecule has 1 aliphatic heterocycles. The molecule has 1 saturated heterocycles. The van der Waals surface area contributed by atoms with Crippen LogP contribution >= 0.6 is 15.9 Å². The van der Waals surface area contributed by atoms with Gasteiger partial charge < -0.3 is 4.90 Å². The van der Waals surface area contributed by atoms with E-state index in [0.717, 1.165) is 18.8 Å². The number of halogens is 1. The predicted molar refractivity (Wildman–Crippen MR) is 74.2 cm³/mol. The number of benzene rings is 1. The quantitative estimate of drug-likeness (QED) is 0.867. The summed E-state index contributed by atoms with van der Waals surface area (Å²) in [6, 6.07) is 7.52. The summed E-state index contributed by atoms with van der Waals surface area (Å²) < 4.78 is 25.6. The molecular weight excluding hydrogens is 304 g/mol. The van der Waals surface area contributed by atoms with Crippen LogP contribution in [0.25, 0.3) is 0 Å². The smallest absolute Gasteiger partial charge is 0.242 e. The SMILES string of the molecule is O=S(=O)(CBr)Nc1ccccc1N1CCCC1. The monoisotopic (exact) mass is 318 g/mol. The Morgan fingerprint density at radius 3 is 2.53 bits per heavy atom. The fourth-order valence-corrected chi connectivity index (χ4v) is 2.89. The minimum atomic E-state index is -3.28. The maximum absolute atomic E-state index is 11.6. The standard InChI is InChI=1S/C11H15BrN2O2S/c12-9-17(15,16)13-10-5-1-2-6-11(10)14-7-3-4-8-14/h1-2,5-6,13H,3-4,7-9H2. The number of anilines is 2. The van der Waals surface area contributed by atoms with Gasteiger partial charge in [0.1, 0.15) is 4.66 Å². The van der Waals surface area contributed by atoms with Gasteiger partial charge in [0.2, 0.25) is 10.0 Å². The first-order chi connectivity index (χ1) is 8.12. The van der Waals surface area contributed by atoms with E-state index in [1.54, 1.807) is 6.07 Å². The summed E-state index contributed by atoms with van der Waals surface area (Å²) in [4.78, 5) is 2.21. The second-order valence-corrected chi connectivity index (χ2v) is 7.06. The van der Waals surface area contributed by atoms with Gasteiger partial charge in [0.25, 0.3) is 0 Å². The van der Waals surface area contributed by atoms with Crippen LogP contribution in [0.1, 0.15) is 12.8 Å². The maximum atomic E-state index is 11.6. The molecule has 0 unspecified atom stereocenters. The van der Waals surface area contributed by atoms with E-state index < -0.39 is 10.0 Å². The van der Waals surface area contributed by atoms with Crippen molar-refractivity contribution in [2.24, 2.45) is 0 Å². The van der Waals surface area contributed by atoms with Crippen molar-refractivity contribution in [2.45, 2.75) is 12.8 Å². The molecule has 2 rings (SSSR count). The van der Waals surface area contributed by atoms with Crippen LogP contribution in [0.5, 0.6) is 0 Å². The van der Waals surface area contributed by atoms with E-state index in [9.17, 15) is 8.42 Å². The fraction of sp³-hybridized carbons (Fsp3) is 0.455. The maximum Gasteiger partial charge on any atom is 0.242 e. The van der Waals surface area contributed by atoms with E-state index in [-0.39, 0.29) is 4.66 Å². The molecule has 0 aromatic heterocycles. The zero-order chi connectivity index (χ0) is 12.3. The molecule has 0 aliphatic carbocycles. The van der Waals surface area contributed by atoms with E-state index >= 15 is 0 Å². The molecule has 1 aromatic carbocycles. The van der Waals surface area contributed by atoms with Crippen LogP contribution in [0, 0.1) is 0 Å². The van der Waals surface area contributed by atoms with Crippen LogP contribution in [0.2, 0.25) is 0 Å². The largest absolute Gasteiger partial charge is 0.370 e. The van der Waals surface area contributed by atoms with Crippen molar-refractivity contribution >= 4 is 37.3 Å². The first kappa shape index (κ1) is 12.7. The van der Waals surface area contributed by atoms with Gasteiger partial charge in [-0.05, 0) is 25.0 Å². The van der Waals surface area contributed by atoms with Crippen molar-refractivity contribution in [2.75, 3.05) is 27.4 Å². The number of hydrogen-bond donors (Lipinski definition) is 1. The number of alkyl halides is 1. The van der Waals surface area contributed by atoms with Crippen molar-refractivity contribution in [1.82, 2.24) is 0 Å². The van der Waals surface area contributed by atoms with Crippen LogP contribution in [0.15, 0.2) is 24.3 Å². The molecular formula is C11H15BrN2O2S. The molecule has 0 radical (unpaired) electrons. The van der Waals surface area contributed by atoms with Gasteiger partial charge in [-0.1, -0.05) is 28.1 Å². The van der Waals surface area contributed by atoms with E-state index in [1.165, 1.54) is 12.8 Å². The molecule has 17 heavy (non-hydrogen) atoms. The molecule has 4 nitrogen and oxygen atoms in total. The van der Waals surface area contributed by atoms with Crippen LogP contribution in [-0.4, -0.2) is 26.2 Å². The highest BCUT2D eigenvalue weighted by molar-refractivity contribution is 9.10.